The fourth-order valence-electron chi connectivity index (χ4n) is 3.44. The number of nitrogens with one attached hydrogen (secondary N) is 1. The first-order valence-electron chi connectivity index (χ1n) is 9.06. The van der Waals surface area contributed by atoms with Crippen molar-refractivity contribution in [3.63, 3.8) is 0 Å². The van der Waals surface area contributed by atoms with Gasteiger partial charge in [-0.3, -0.25) is 4.79 Å². The number of halogens is 1. The van der Waals surface area contributed by atoms with Gasteiger partial charge in [-0.2, -0.15) is 0 Å². The lowest BCUT2D eigenvalue weighted by atomic mass is 9.75. The molecule has 0 unspecified atom stereocenters. The Bertz CT molecular complexity index is 979. The highest BCUT2D eigenvalue weighted by molar-refractivity contribution is 6.05. The number of carboxylic acid groups (broad SMARTS) is 1. The fraction of sp³-hybridized carbons (Fsp3) is 0.364. The SMILES string of the molecule is Cc1cc2c(cc1NC(=O)c1ccc(C(=O)O)c(F)c1)C(C)(C)COC2(C)C. The lowest BCUT2D eigenvalue weighted by molar-refractivity contribution is -0.0587. The monoisotopic (exact) mass is 385 g/mol. The topological polar surface area (TPSA) is 75.6 Å². The van der Waals surface area contributed by atoms with E-state index in [1.807, 2.05) is 32.9 Å². The number of benzene rings is 2. The number of fused-ring (bicyclic) bond motifs is 1. The molecule has 0 atom stereocenters. The van der Waals surface area contributed by atoms with E-state index in [9.17, 15) is 14.0 Å². The van der Waals surface area contributed by atoms with E-state index in [4.69, 9.17) is 9.84 Å². The minimum Gasteiger partial charge on any atom is -0.478 e. The molecule has 2 aromatic carbocycles. The number of hydrogen-bond acceptors (Lipinski definition) is 3. The summed E-state index contributed by atoms with van der Waals surface area (Å²) in [5, 5.41) is 11.7. The zero-order valence-corrected chi connectivity index (χ0v) is 16.6. The predicted molar refractivity (Wildman–Crippen MR) is 104 cm³/mol. The molecule has 0 aliphatic carbocycles. The first kappa shape index (κ1) is 20.0. The van der Waals surface area contributed by atoms with Crippen LogP contribution in [-0.4, -0.2) is 23.6 Å². The van der Waals surface area contributed by atoms with Crippen LogP contribution in [0.15, 0.2) is 30.3 Å². The lowest BCUT2D eigenvalue weighted by Gasteiger charge is -2.42. The summed E-state index contributed by atoms with van der Waals surface area (Å²) in [5.74, 6) is -2.81. The van der Waals surface area contributed by atoms with Gasteiger partial charge in [0.2, 0.25) is 0 Å². The van der Waals surface area contributed by atoms with Gasteiger partial charge in [-0.1, -0.05) is 19.9 Å². The first-order chi connectivity index (χ1) is 12.9. The second-order valence-electron chi connectivity index (χ2n) is 8.35. The Morgan fingerprint density at radius 2 is 1.79 bits per heavy atom. The molecule has 0 aromatic heterocycles. The Kier molecular flexibility index (Phi) is 4.79. The average molecular weight is 385 g/mol. The van der Waals surface area contributed by atoms with Crippen molar-refractivity contribution in [1.82, 2.24) is 0 Å². The van der Waals surface area contributed by atoms with E-state index in [1.54, 1.807) is 0 Å². The van der Waals surface area contributed by atoms with Crippen LogP contribution in [0.3, 0.4) is 0 Å². The Balaban J connectivity index is 1.96. The summed E-state index contributed by atoms with van der Waals surface area (Å²) in [4.78, 5) is 23.5. The number of rotatable bonds is 3. The molecule has 6 heteroatoms. The first-order valence-corrected chi connectivity index (χ1v) is 9.06. The fourth-order valence-corrected chi connectivity index (χ4v) is 3.44. The van der Waals surface area contributed by atoms with Gasteiger partial charge >= 0.3 is 5.97 Å². The summed E-state index contributed by atoms with van der Waals surface area (Å²) in [5.41, 5.74) is 2.63. The number of aromatic carboxylic acids is 1. The summed E-state index contributed by atoms with van der Waals surface area (Å²) >= 11 is 0. The Hall–Kier alpha value is -2.73. The van der Waals surface area contributed by atoms with E-state index in [-0.39, 0.29) is 11.0 Å². The molecule has 1 aliphatic rings. The van der Waals surface area contributed by atoms with Gasteiger partial charge < -0.3 is 15.2 Å². The number of hydrogen-bond donors (Lipinski definition) is 2. The van der Waals surface area contributed by atoms with E-state index in [0.29, 0.717) is 12.3 Å². The van der Waals surface area contributed by atoms with Crippen LogP contribution in [0.5, 0.6) is 0 Å². The molecule has 0 saturated heterocycles. The van der Waals surface area contributed by atoms with Crippen LogP contribution in [0, 0.1) is 12.7 Å². The Morgan fingerprint density at radius 1 is 1.11 bits per heavy atom. The maximum absolute atomic E-state index is 13.9. The summed E-state index contributed by atoms with van der Waals surface area (Å²) in [6, 6.07) is 7.30. The number of amides is 1. The molecule has 0 spiro atoms. The van der Waals surface area contributed by atoms with Crippen LogP contribution in [0.2, 0.25) is 0 Å². The highest BCUT2D eigenvalue weighted by Crippen LogP contribution is 2.43. The molecule has 3 rings (SSSR count). The van der Waals surface area contributed by atoms with Crippen LogP contribution >= 0.6 is 0 Å². The van der Waals surface area contributed by atoms with Crippen molar-refractivity contribution >= 4 is 17.6 Å². The van der Waals surface area contributed by atoms with Crippen molar-refractivity contribution in [2.24, 2.45) is 0 Å². The minimum absolute atomic E-state index is 0.0579. The number of carbonyl (C=O) groups excluding carboxylic acids is 1. The number of anilines is 1. The van der Waals surface area contributed by atoms with Crippen LogP contribution in [0.25, 0.3) is 0 Å². The molecule has 28 heavy (non-hydrogen) atoms. The van der Waals surface area contributed by atoms with E-state index in [2.05, 4.69) is 19.2 Å². The molecule has 0 radical (unpaired) electrons. The highest BCUT2D eigenvalue weighted by atomic mass is 19.1. The Labute approximate surface area is 163 Å². The molecule has 0 fully saturated rings. The van der Waals surface area contributed by atoms with Crippen molar-refractivity contribution in [3.8, 4) is 0 Å². The van der Waals surface area contributed by atoms with E-state index in [1.165, 1.54) is 6.07 Å². The number of carbonyl (C=O) groups is 2. The normalized spacial score (nSPS) is 16.9. The highest BCUT2D eigenvalue weighted by Gasteiger charge is 2.38. The summed E-state index contributed by atoms with van der Waals surface area (Å²) in [6.45, 7) is 10.7. The van der Waals surface area contributed by atoms with Crippen LogP contribution in [-0.2, 0) is 15.8 Å². The molecule has 148 valence electrons. The second kappa shape index (κ2) is 6.71. The third-order valence-corrected chi connectivity index (χ3v) is 5.25. The van der Waals surface area contributed by atoms with E-state index in [0.717, 1.165) is 28.8 Å². The largest absolute Gasteiger partial charge is 0.478 e. The van der Waals surface area contributed by atoms with Gasteiger partial charge in [0.25, 0.3) is 5.91 Å². The van der Waals surface area contributed by atoms with Gasteiger partial charge in [0.05, 0.1) is 17.8 Å². The molecule has 1 heterocycles. The second-order valence-corrected chi connectivity index (χ2v) is 8.35. The molecule has 2 N–H and O–H groups in total. The van der Waals surface area contributed by atoms with Gasteiger partial charge in [-0.15, -0.1) is 0 Å². The van der Waals surface area contributed by atoms with Gasteiger partial charge in [0.15, 0.2) is 0 Å². The standard InChI is InChI=1S/C22H24FNO4/c1-12-8-16-15(21(2,3)11-28-22(16,4)5)10-18(12)24-19(25)13-6-7-14(20(26)27)17(23)9-13/h6-10H,11H2,1-5H3,(H,24,25)(H,26,27). The predicted octanol–water partition coefficient (Wildman–Crippen LogP) is 4.63. The molecule has 1 aliphatic heterocycles. The minimum atomic E-state index is -1.37. The van der Waals surface area contributed by atoms with Crippen LogP contribution < -0.4 is 5.32 Å². The number of ether oxygens (including phenoxy) is 1. The summed E-state index contributed by atoms with van der Waals surface area (Å²) in [6.07, 6.45) is 0. The molecule has 5 nitrogen and oxygen atoms in total. The molecule has 0 bridgehead atoms. The third kappa shape index (κ3) is 3.52. The molecule has 2 aromatic rings. The van der Waals surface area contributed by atoms with Crippen molar-refractivity contribution < 1.29 is 23.8 Å². The Morgan fingerprint density at radius 3 is 2.39 bits per heavy atom. The molecular formula is C22H24FNO4. The zero-order chi connectivity index (χ0) is 20.9. The van der Waals surface area contributed by atoms with Gasteiger partial charge in [-0.25, -0.2) is 9.18 Å². The third-order valence-electron chi connectivity index (χ3n) is 5.25. The van der Waals surface area contributed by atoms with Gasteiger partial charge in [-0.05, 0) is 61.7 Å². The molecule has 0 saturated carbocycles. The smallest absolute Gasteiger partial charge is 0.338 e. The van der Waals surface area contributed by atoms with Crippen molar-refractivity contribution in [2.75, 3.05) is 11.9 Å². The lowest BCUT2D eigenvalue weighted by Crippen LogP contribution is -2.40. The number of carboxylic acids is 1. The van der Waals surface area contributed by atoms with E-state index < -0.39 is 28.9 Å². The summed E-state index contributed by atoms with van der Waals surface area (Å²) < 4.78 is 19.9. The van der Waals surface area contributed by atoms with Crippen molar-refractivity contribution in [2.45, 2.75) is 45.6 Å². The average Bonchev–Trinajstić information content (AvgIpc) is 2.60. The van der Waals surface area contributed by atoms with Gasteiger partial charge in [0.1, 0.15) is 5.82 Å². The van der Waals surface area contributed by atoms with Crippen LogP contribution in [0.4, 0.5) is 10.1 Å². The van der Waals surface area contributed by atoms with Crippen molar-refractivity contribution in [1.29, 1.82) is 0 Å². The zero-order valence-electron chi connectivity index (χ0n) is 16.6. The van der Waals surface area contributed by atoms with E-state index >= 15 is 0 Å². The molecular weight excluding hydrogens is 361 g/mol. The summed E-state index contributed by atoms with van der Waals surface area (Å²) in [7, 11) is 0. The van der Waals surface area contributed by atoms with Gasteiger partial charge in [0, 0.05) is 16.7 Å². The van der Waals surface area contributed by atoms with Crippen molar-refractivity contribution in [3.05, 3.63) is 64.0 Å². The van der Waals surface area contributed by atoms with Crippen LogP contribution in [0.1, 0.15) is 65.1 Å². The number of aryl methyl sites for hydroxylation is 1. The quantitative estimate of drug-likeness (QED) is 0.808. The molecule has 1 amide bonds. The maximum Gasteiger partial charge on any atom is 0.338 e. The maximum atomic E-state index is 13.9.